The van der Waals surface area contributed by atoms with Crippen LogP contribution in [0.5, 0.6) is 0 Å². The van der Waals surface area contributed by atoms with Crippen LogP contribution in [0.4, 0.5) is 0 Å². The second-order valence-corrected chi connectivity index (χ2v) is 16.5. The highest BCUT2D eigenvalue weighted by atomic mass is 16.7. The van der Waals surface area contributed by atoms with Crippen LogP contribution in [0.25, 0.3) is 0 Å². The maximum Gasteiger partial charge on any atom is 0.303 e. The zero-order valence-corrected chi connectivity index (χ0v) is 37.1. The van der Waals surface area contributed by atoms with Crippen LogP contribution in [-0.2, 0) is 57.1 Å². The van der Waals surface area contributed by atoms with Gasteiger partial charge < -0.3 is 33.2 Å². The summed E-state index contributed by atoms with van der Waals surface area (Å²) >= 11 is 0. The SMILES string of the molecule is [2H]C([2H])([2H])C(=O)OC[C@H]1O[C@@H](OC/C(=C/[C@H](CCCCCCCCCCCCC(C)C)OC(=O)C([2H])([2H])[2H])CCCCCCCCCCCCCC)[C@H](OC(=O)C([2H])([2H])[2H])[C@@H](OC(=O)C([2H])([2H])[2H])[C@@H]1OC(=O)C([2H])([2H])[2H]. The first-order chi connectivity index (χ1) is 35.3. The minimum absolute atomic E-state index is 0.193. The lowest BCUT2D eigenvalue weighted by Crippen LogP contribution is -2.63. The van der Waals surface area contributed by atoms with Crippen molar-refractivity contribution in [1.29, 1.82) is 0 Å². The minimum atomic E-state index is -3.60. The first kappa shape index (κ1) is 35.4. The Hall–Kier alpha value is -2.99. The zero-order chi connectivity index (χ0) is 57.8. The zero-order valence-electron chi connectivity index (χ0n) is 52.1. The summed E-state index contributed by atoms with van der Waals surface area (Å²) in [6.07, 6.45) is 12.7. The number of hydrogen-bond donors (Lipinski definition) is 0. The highest BCUT2D eigenvalue weighted by Gasteiger charge is 2.52. The van der Waals surface area contributed by atoms with E-state index in [4.69, 9.17) is 53.7 Å². The van der Waals surface area contributed by atoms with E-state index >= 15 is 0 Å². The van der Waals surface area contributed by atoms with E-state index in [2.05, 4.69) is 20.8 Å². The molecule has 1 heterocycles. The van der Waals surface area contributed by atoms with Crippen molar-refractivity contribution in [1.82, 2.24) is 0 Å². The minimum Gasteiger partial charge on any atom is -0.463 e. The molecule has 0 saturated carbocycles. The van der Waals surface area contributed by atoms with Crippen molar-refractivity contribution in [3.05, 3.63) is 11.6 Å². The van der Waals surface area contributed by atoms with Crippen molar-refractivity contribution in [3.63, 3.8) is 0 Å². The molecule has 0 bridgehead atoms. The molecule has 0 aromatic rings. The molecule has 12 heteroatoms. The summed E-state index contributed by atoms with van der Waals surface area (Å²) in [4.78, 5) is 64.4. The van der Waals surface area contributed by atoms with Gasteiger partial charge in [0, 0.05) is 54.8 Å². The van der Waals surface area contributed by atoms with Crippen LogP contribution in [0, 0.1) is 5.92 Å². The summed E-state index contributed by atoms with van der Waals surface area (Å²) in [5, 5.41) is 0. The maximum atomic E-state index is 13.1. The van der Waals surface area contributed by atoms with E-state index in [0.29, 0.717) is 30.8 Å². The topological polar surface area (TPSA) is 150 Å². The van der Waals surface area contributed by atoms with Gasteiger partial charge >= 0.3 is 29.8 Å². The fourth-order valence-electron chi connectivity index (χ4n) is 7.55. The van der Waals surface area contributed by atoms with Gasteiger partial charge in [-0.2, -0.15) is 0 Å². The molecule has 61 heavy (non-hydrogen) atoms. The third-order valence-electron chi connectivity index (χ3n) is 10.7. The van der Waals surface area contributed by atoms with Crippen molar-refractivity contribution >= 4 is 29.8 Å². The average molecular weight is 882 g/mol. The van der Waals surface area contributed by atoms with Gasteiger partial charge in [-0.05, 0) is 43.3 Å². The number of carbonyl (C=O) groups is 5. The van der Waals surface area contributed by atoms with Crippen LogP contribution in [0.1, 0.15) is 236 Å². The van der Waals surface area contributed by atoms with Crippen LogP contribution >= 0.6 is 0 Å². The van der Waals surface area contributed by atoms with Crippen molar-refractivity contribution in [2.24, 2.45) is 5.92 Å². The lowest BCUT2D eigenvalue weighted by Gasteiger charge is -2.44. The van der Waals surface area contributed by atoms with Gasteiger partial charge in [-0.1, -0.05) is 156 Å². The summed E-state index contributed by atoms with van der Waals surface area (Å²) in [6.45, 7) is -12.5. The largest absolute Gasteiger partial charge is 0.463 e. The number of esters is 5. The van der Waals surface area contributed by atoms with Gasteiger partial charge in [0.15, 0.2) is 24.6 Å². The molecule has 0 radical (unpaired) electrons. The van der Waals surface area contributed by atoms with E-state index in [1.165, 1.54) is 63.9 Å². The summed E-state index contributed by atoms with van der Waals surface area (Å²) in [7, 11) is 0. The van der Waals surface area contributed by atoms with E-state index in [-0.39, 0.29) is 12.8 Å². The fourth-order valence-corrected chi connectivity index (χ4v) is 7.55. The smallest absolute Gasteiger partial charge is 0.303 e. The van der Waals surface area contributed by atoms with Crippen LogP contribution in [-0.4, -0.2) is 79.9 Å². The van der Waals surface area contributed by atoms with Crippen molar-refractivity contribution in [2.45, 2.75) is 252 Å². The van der Waals surface area contributed by atoms with Crippen LogP contribution in [0.3, 0.4) is 0 Å². The van der Waals surface area contributed by atoms with Gasteiger partial charge in [0.1, 0.15) is 18.8 Å². The Labute approximate surface area is 390 Å². The van der Waals surface area contributed by atoms with E-state index in [9.17, 15) is 24.0 Å². The Morgan fingerprint density at radius 3 is 1.52 bits per heavy atom. The van der Waals surface area contributed by atoms with Gasteiger partial charge in [-0.3, -0.25) is 24.0 Å². The number of rotatable bonds is 36. The Morgan fingerprint density at radius 1 is 0.557 bits per heavy atom. The molecule has 1 fully saturated rings. The Bertz CT molecular complexity index is 1730. The molecular weight excluding hydrogens is 781 g/mol. The Morgan fingerprint density at radius 2 is 1.02 bits per heavy atom. The van der Waals surface area contributed by atoms with Crippen LogP contribution in [0.15, 0.2) is 11.6 Å². The van der Waals surface area contributed by atoms with Gasteiger partial charge in [0.25, 0.3) is 0 Å². The molecule has 0 aliphatic carbocycles. The highest BCUT2D eigenvalue weighted by molar-refractivity contribution is 5.69. The summed E-state index contributed by atoms with van der Waals surface area (Å²) in [5.74, 6) is -8.70. The quantitative estimate of drug-likeness (QED) is 0.0255. The molecule has 1 aliphatic rings. The van der Waals surface area contributed by atoms with Crippen molar-refractivity contribution in [2.75, 3.05) is 13.2 Å². The molecular formula is C49H86O12. The number of unbranched alkanes of at least 4 members (excludes halogenated alkanes) is 20. The third kappa shape index (κ3) is 29.9. The normalized spacial score (nSPS) is 24.3. The van der Waals surface area contributed by atoms with Gasteiger partial charge in [-0.15, -0.1) is 0 Å². The predicted molar refractivity (Wildman–Crippen MR) is 237 cm³/mol. The lowest BCUT2D eigenvalue weighted by molar-refractivity contribution is -0.306. The Balaban J connectivity index is 3.72. The van der Waals surface area contributed by atoms with E-state index in [0.717, 1.165) is 70.6 Å². The molecule has 12 nitrogen and oxygen atoms in total. The molecule has 354 valence electrons. The molecule has 1 rings (SSSR count). The molecule has 1 aliphatic heterocycles. The van der Waals surface area contributed by atoms with Crippen LogP contribution in [0.2, 0.25) is 0 Å². The molecule has 0 aromatic carbocycles. The molecule has 0 unspecified atom stereocenters. The monoisotopic (exact) mass is 882 g/mol. The number of ether oxygens (including phenoxy) is 7. The summed E-state index contributed by atoms with van der Waals surface area (Å²) in [5.41, 5.74) is 0.352. The van der Waals surface area contributed by atoms with Gasteiger partial charge in [0.2, 0.25) is 0 Å². The summed E-state index contributed by atoms with van der Waals surface area (Å²) < 4.78 is 152. The van der Waals surface area contributed by atoms with Crippen molar-refractivity contribution in [3.8, 4) is 0 Å². The number of carbonyl (C=O) groups excluding carboxylic acids is 5. The molecule has 0 amide bonds. The van der Waals surface area contributed by atoms with Crippen molar-refractivity contribution < 1.29 is 77.7 Å². The second-order valence-electron chi connectivity index (χ2n) is 16.5. The number of hydrogen-bond acceptors (Lipinski definition) is 12. The fraction of sp³-hybridized carbons (Fsp3) is 0.857. The lowest BCUT2D eigenvalue weighted by atomic mass is 9.98. The van der Waals surface area contributed by atoms with Gasteiger partial charge in [-0.25, -0.2) is 0 Å². The first-order valence-electron chi connectivity index (χ1n) is 30.3. The second kappa shape index (κ2) is 35.5. The predicted octanol–water partition coefficient (Wildman–Crippen LogP) is 11.4. The van der Waals surface area contributed by atoms with E-state index in [1.807, 2.05) is 0 Å². The molecule has 0 spiro atoms. The summed E-state index contributed by atoms with van der Waals surface area (Å²) in [6, 6.07) is 0. The molecule has 6 atom stereocenters. The average Bonchev–Trinajstić information content (AvgIpc) is 3.30. The van der Waals surface area contributed by atoms with Crippen LogP contribution < -0.4 is 0 Å². The molecule has 0 aromatic heterocycles. The molecule has 1 saturated heterocycles. The van der Waals surface area contributed by atoms with E-state index < -0.39 is 114 Å². The standard InChI is InChI=1S/C49H86O12/c1-9-10-11-12-13-14-15-16-20-23-26-29-32-43(34-44(57-39(5)51)33-30-27-24-21-18-17-19-22-25-28-31-37(2)3)35-56-49-48(60-42(8)54)47(59-41(7)53)46(58-40(6)52)45(61-49)36-55-38(4)50/h34,37,44-49H,9-33,35-36H2,1-8H3/b43-34+/t44-,45+,46+,47-,48+,49+/m0/s1/i4D3,5D3,6D3,7D3,8D3. The molecule has 0 N–H and O–H groups in total. The maximum absolute atomic E-state index is 13.1. The third-order valence-corrected chi connectivity index (χ3v) is 10.7. The first-order valence-corrected chi connectivity index (χ1v) is 22.8. The van der Waals surface area contributed by atoms with E-state index in [1.54, 1.807) is 0 Å². The van der Waals surface area contributed by atoms with Gasteiger partial charge in [0.05, 0.1) is 6.61 Å². The highest BCUT2D eigenvalue weighted by Crippen LogP contribution is 2.31. The Kier molecular flexibility index (Phi) is 20.6.